The standard InChI is InChI=1S/C13H15Cl3/c14-11(10-5-6-10)3-1-2-9-4-7-12(15)13(16)8-9/h4,7-8,10-11H,1-3,5-6H2. The van der Waals surface area contributed by atoms with Crippen molar-refractivity contribution in [2.75, 3.05) is 0 Å². The third-order valence-corrected chi connectivity index (χ3v) is 4.38. The molecule has 1 aliphatic rings. The van der Waals surface area contributed by atoms with Gasteiger partial charge in [0.25, 0.3) is 0 Å². The fourth-order valence-corrected chi connectivity index (χ4v) is 2.62. The van der Waals surface area contributed by atoms with E-state index >= 15 is 0 Å². The van der Waals surface area contributed by atoms with Crippen molar-refractivity contribution >= 4 is 34.8 Å². The summed E-state index contributed by atoms with van der Waals surface area (Å²) in [7, 11) is 0. The summed E-state index contributed by atoms with van der Waals surface area (Å²) >= 11 is 18.1. The van der Waals surface area contributed by atoms with E-state index in [1.165, 1.54) is 18.4 Å². The number of halogens is 3. The molecule has 0 aliphatic heterocycles. The smallest absolute Gasteiger partial charge is 0.0595 e. The first-order valence-corrected chi connectivity index (χ1v) is 6.94. The van der Waals surface area contributed by atoms with Crippen molar-refractivity contribution in [1.29, 1.82) is 0 Å². The van der Waals surface area contributed by atoms with Crippen molar-refractivity contribution < 1.29 is 0 Å². The maximum absolute atomic E-state index is 6.25. The Kier molecular flexibility index (Phi) is 4.41. The first-order valence-electron chi connectivity index (χ1n) is 5.75. The van der Waals surface area contributed by atoms with Crippen molar-refractivity contribution in [1.82, 2.24) is 0 Å². The molecule has 0 nitrogen and oxygen atoms in total. The van der Waals surface area contributed by atoms with Crippen molar-refractivity contribution in [3.63, 3.8) is 0 Å². The van der Waals surface area contributed by atoms with Gasteiger partial charge < -0.3 is 0 Å². The second-order valence-electron chi connectivity index (χ2n) is 4.49. The van der Waals surface area contributed by atoms with Crippen molar-refractivity contribution in [3.8, 4) is 0 Å². The molecule has 0 saturated heterocycles. The highest BCUT2D eigenvalue weighted by Crippen LogP contribution is 2.37. The van der Waals surface area contributed by atoms with E-state index in [9.17, 15) is 0 Å². The number of hydrogen-bond donors (Lipinski definition) is 0. The van der Waals surface area contributed by atoms with Crippen LogP contribution in [0, 0.1) is 5.92 Å². The highest BCUT2D eigenvalue weighted by molar-refractivity contribution is 6.42. The second-order valence-corrected chi connectivity index (χ2v) is 5.87. The molecular formula is C13H15Cl3. The van der Waals surface area contributed by atoms with E-state index < -0.39 is 0 Å². The zero-order valence-electron chi connectivity index (χ0n) is 9.06. The summed E-state index contributed by atoms with van der Waals surface area (Å²) in [5.41, 5.74) is 1.24. The lowest BCUT2D eigenvalue weighted by molar-refractivity contribution is 0.637. The summed E-state index contributed by atoms with van der Waals surface area (Å²) < 4.78 is 0. The van der Waals surface area contributed by atoms with Crippen molar-refractivity contribution in [2.24, 2.45) is 5.92 Å². The van der Waals surface area contributed by atoms with Gasteiger partial charge >= 0.3 is 0 Å². The normalized spacial score (nSPS) is 17.4. The molecule has 2 rings (SSSR count). The van der Waals surface area contributed by atoms with E-state index in [1.54, 1.807) is 0 Å². The number of aryl methyl sites for hydroxylation is 1. The van der Waals surface area contributed by atoms with Gasteiger partial charge in [-0.15, -0.1) is 11.6 Å². The van der Waals surface area contributed by atoms with Crippen LogP contribution in [0.1, 0.15) is 31.2 Å². The van der Waals surface area contributed by atoms with Gasteiger partial charge in [-0.1, -0.05) is 29.3 Å². The predicted octanol–water partition coefficient (Wildman–Crippen LogP) is 5.33. The predicted molar refractivity (Wildman–Crippen MR) is 71.8 cm³/mol. The summed E-state index contributed by atoms with van der Waals surface area (Å²) in [5.74, 6) is 0.787. The molecule has 0 bridgehead atoms. The van der Waals surface area contributed by atoms with E-state index in [0.29, 0.717) is 15.4 Å². The molecule has 1 atom stereocenters. The fourth-order valence-electron chi connectivity index (χ4n) is 1.89. The Labute approximate surface area is 112 Å². The monoisotopic (exact) mass is 276 g/mol. The maximum Gasteiger partial charge on any atom is 0.0595 e. The van der Waals surface area contributed by atoms with Crippen LogP contribution in [0.3, 0.4) is 0 Å². The molecule has 1 fully saturated rings. The SMILES string of the molecule is Clc1ccc(CCCC(Cl)C2CC2)cc1Cl. The Balaban J connectivity index is 1.78. The summed E-state index contributed by atoms with van der Waals surface area (Å²) in [6.45, 7) is 0. The Hall–Kier alpha value is 0.0900. The zero-order chi connectivity index (χ0) is 11.5. The Bertz CT molecular complexity index is 358. The van der Waals surface area contributed by atoms with Gasteiger partial charge in [0.1, 0.15) is 0 Å². The second kappa shape index (κ2) is 5.62. The quantitative estimate of drug-likeness (QED) is 0.638. The lowest BCUT2D eigenvalue weighted by Crippen LogP contribution is -2.01. The van der Waals surface area contributed by atoms with Crippen molar-refractivity contribution in [3.05, 3.63) is 33.8 Å². The average Bonchev–Trinajstić information content (AvgIpc) is 3.07. The van der Waals surface area contributed by atoms with Gasteiger partial charge in [0.05, 0.1) is 10.0 Å². The van der Waals surface area contributed by atoms with Gasteiger partial charge in [0.2, 0.25) is 0 Å². The lowest BCUT2D eigenvalue weighted by Gasteiger charge is -2.07. The van der Waals surface area contributed by atoms with Crippen LogP contribution in [-0.2, 0) is 6.42 Å². The van der Waals surface area contributed by atoms with Crippen LogP contribution in [-0.4, -0.2) is 5.38 Å². The molecule has 1 saturated carbocycles. The topological polar surface area (TPSA) is 0 Å². The minimum Gasteiger partial charge on any atom is -0.123 e. The largest absolute Gasteiger partial charge is 0.123 e. The van der Waals surface area contributed by atoms with Gasteiger partial charge in [-0.25, -0.2) is 0 Å². The number of alkyl halides is 1. The van der Waals surface area contributed by atoms with Crippen LogP contribution in [0.4, 0.5) is 0 Å². The lowest BCUT2D eigenvalue weighted by atomic mass is 10.1. The van der Waals surface area contributed by atoms with Crippen LogP contribution in [0.15, 0.2) is 18.2 Å². The summed E-state index contributed by atoms with van der Waals surface area (Å²) in [6.07, 6.45) is 5.91. The summed E-state index contributed by atoms with van der Waals surface area (Å²) in [5, 5.41) is 1.64. The van der Waals surface area contributed by atoms with Gasteiger partial charge in [-0.05, 0) is 55.7 Å². The Morgan fingerprint density at radius 1 is 1.19 bits per heavy atom. The summed E-state index contributed by atoms with van der Waals surface area (Å²) in [6, 6.07) is 5.84. The molecule has 0 radical (unpaired) electrons. The molecule has 3 heteroatoms. The molecule has 1 aliphatic carbocycles. The highest BCUT2D eigenvalue weighted by Gasteiger charge is 2.28. The van der Waals surface area contributed by atoms with Crippen LogP contribution < -0.4 is 0 Å². The van der Waals surface area contributed by atoms with Crippen LogP contribution in [0.5, 0.6) is 0 Å². The number of hydrogen-bond acceptors (Lipinski definition) is 0. The number of rotatable bonds is 5. The van der Waals surface area contributed by atoms with E-state index in [2.05, 4.69) is 0 Å². The first-order chi connectivity index (χ1) is 7.66. The molecule has 0 aromatic heterocycles. The Morgan fingerprint density at radius 2 is 1.94 bits per heavy atom. The van der Waals surface area contributed by atoms with E-state index in [0.717, 1.165) is 25.2 Å². The molecule has 1 aromatic rings. The van der Waals surface area contributed by atoms with Crippen LogP contribution in [0.2, 0.25) is 10.0 Å². The van der Waals surface area contributed by atoms with E-state index in [1.807, 2.05) is 18.2 Å². The van der Waals surface area contributed by atoms with Gasteiger partial charge in [0.15, 0.2) is 0 Å². The molecule has 0 N–H and O–H groups in total. The molecule has 0 heterocycles. The summed E-state index contributed by atoms with van der Waals surface area (Å²) in [4.78, 5) is 0. The number of benzene rings is 1. The van der Waals surface area contributed by atoms with Gasteiger partial charge in [0, 0.05) is 5.38 Å². The molecule has 0 amide bonds. The Morgan fingerprint density at radius 3 is 2.56 bits per heavy atom. The minimum atomic E-state index is 0.378. The average molecular weight is 278 g/mol. The third-order valence-electron chi connectivity index (χ3n) is 3.06. The fraction of sp³-hybridized carbons (Fsp3) is 0.538. The minimum absolute atomic E-state index is 0.378. The van der Waals surface area contributed by atoms with Crippen LogP contribution in [0.25, 0.3) is 0 Å². The molecule has 0 spiro atoms. The van der Waals surface area contributed by atoms with Crippen LogP contribution >= 0.6 is 34.8 Å². The maximum atomic E-state index is 6.25. The first kappa shape index (κ1) is 12.5. The molecular weight excluding hydrogens is 263 g/mol. The van der Waals surface area contributed by atoms with Crippen molar-refractivity contribution in [2.45, 2.75) is 37.5 Å². The highest BCUT2D eigenvalue weighted by atomic mass is 35.5. The van der Waals surface area contributed by atoms with Gasteiger partial charge in [-0.3, -0.25) is 0 Å². The third kappa shape index (κ3) is 3.55. The van der Waals surface area contributed by atoms with Gasteiger partial charge in [-0.2, -0.15) is 0 Å². The zero-order valence-corrected chi connectivity index (χ0v) is 11.3. The molecule has 1 aromatic carbocycles. The molecule has 16 heavy (non-hydrogen) atoms. The van der Waals surface area contributed by atoms with E-state index in [-0.39, 0.29) is 0 Å². The molecule has 1 unspecified atom stereocenters. The molecule has 88 valence electrons. The van der Waals surface area contributed by atoms with E-state index in [4.69, 9.17) is 34.8 Å².